The molecule has 5 atom stereocenters. The lowest BCUT2D eigenvalue weighted by Gasteiger charge is -2.34. The van der Waals surface area contributed by atoms with Crippen molar-refractivity contribution in [3.05, 3.63) is 12.2 Å². The molecule has 1 aliphatic heterocycles. The number of ether oxygens (including phenoxy) is 1. The number of hydrogen-bond donors (Lipinski definition) is 0. The van der Waals surface area contributed by atoms with Gasteiger partial charge in [-0.15, -0.1) is 11.6 Å². The molecule has 0 aromatic carbocycles. The Balaban J connectivity index is 2.18. The Morgan fingerprint density at radius 2 is 2.27 bits per heavy atom. The van der Waals surface area contributed by atoms with Crippen molar-refractivity contribution in [3.8, 4) is 0 Å². The predicted molar refractivity (Wildman–Crippen MR) is 63.3 cm³/mol. The van der Waals surface area contributed by atoms with Gasteiger partial charge in [0.25, 0.3) is 0 Å². The summed E-state index contributed by atoms with van der Waals surface area (Å²) in [5, 5.41) is 0.257. The van der Waals surface area contributed by atoms with Crippen LogP contribution in [0.15, 0.2) is 12.2 Å². The Morgan fingerprint density at radius 3 is 2.93 bits per heavy atom. The van der Waals surface area contributed by atoms with Gasteiger partial charge in [-0.3, -0.25) is 4.90 Å². The van der Waals surface area contributed by atoms with Gasteiger partial charge in [-0.25, -0.2) is 0 Å². The first kappa shape index (κ1) is 11.4. The Labute approximate surface area is 97.2 Å². The summed E-state index contributed by atoms with van der Waals surface area (Å²) >= 11 is 6.47. The number of allylic oxidation sites excluding steroid dienone is 1. The van der Waals surface area contributed by atoms with Gasteiger partial charge in [0.1, 0.15) is 0 Å². The first-order valence-electron chi connectivity index (χ1n) is 5.81. The minimum Gasteiger partial charge on any atom is -0.373 e. The number of nitrogens with zero attached hydrogens (tertiary/aromatic N) is 1. The largest absolute Gasteiger partial charge is 0.373 e. The number of likely N-dealkylation sites (tertiary alicyclic amines) is 1. The zero-order valence-corrected chi connectivity index (χ0v) is 10.4. The molecule has 1 aliphatic carbocycles. The fraction of sp³-hybridized carbons (Fsp3) is 0.833. The van der Waals surface area contributed by atoms with Crippen LogP contribution in [0.5, 0.6) is 0 Å². The highest BCUT2D eigenvalue weighted by Gasteiger charge is 2.47. The van der Waals surface area contributed by atoms with Crippen molar-refractivity contribution in [2.75, 3.05) is 13.7 Å². The minimum absolute atomic E-state index is 0.227. The van der Waals surface area contributed by atoms with Crippen LogP contribution < -0.4 is 0 Å². The maximum atomic E-state index is 6.47. The van der Waals surface area contributed by atoms with E-state index in [4.69, 9.17) is 16.3 Å². The second kappa shape index (κ2) is 4.44. The molecule has 3 heteroatoms. The molecule has 0 aromatic rings. The van der Waals surface area contributed by atoms with Crippen LogP contribution >= 0.6 is 11.6 Å². The van der Waals surface area contributed by atoms with Gasteiger partial charge in [-0.05, 0) is 33.2 Å². The van der Waals surface area contributed by atoms with Crippen molar-refractivity contribution >= 4 is 11.6 Å². The standard InChI is InChI=1S/C12H20ClNO/c1-4-15-10-7-5-6-9-11(13)8(2)14(3)12(9)10/h5,7-12H,4,6H2,1-3H3/t8?,9?,10-,11?,12?/m1/s1. The summed E-state index contributed by atoms with van der Waals surface area (Å²) in [6.07, 6.45) is 5.74. The molecule has 0 radical (unpaired) electrons. The Hall–Kier alpha value is -0.0500. The molecule has 0 N–H and O–H groups in total. The van der Waals surface area contributed by atoms with Crippen LogP contribution in [0, 0.1) is 5.92 Å². The van der Waals surface area contributed by atoms with Gasteiger partial charge in [-0.2, -0.15) is 0 Å². The highest BCUT2D eigenvalue weighted by atomic mass is 35.5. The predicted octanol–water partition coefficient (Wildman–Crippen LogP) is 2.28. The molecule has 2 aliphatic rings. The quantitative estimate of drug-likeness (QED) is 0.532. The molecule has 2 nitrogen and oxygen atoms in total. The molecular weight excluding hydrogens is 210 g/mol. The fourth-order valence-corrected chi connectivity index (χ4v) is 3.35. The molecule has 0 bridgehead atoms. The van der Waals surface area contributed by atoms with Gasteiger partial charge in [0.2, 0.25) is 0 Å². The fourth-order valence-electron chi connectivity index (χ4n) is 2.92. The van der Waals surface area contributed by atoms with Crippen molar-refractivity contribution < 1.29 is 4.74 Å². The number of hydrogen-bond acceptors (Lipinski definition) is 2. The summed E-state index contributed by atoms with van der Waals surface area (Å²) in [5.74, 6) is 0.549. The van der Waals surface area contributed by atoms with E-state index in [0.29, 0.717) is 18.0 Å². The molecular formula is C12H20ClNO. The molecule has 0 saturated carbocycles. The highest BCUT2D eigenvalue weighted by Crippen LogP contribution is 2.40. The van der Waals surface area contributed by atoms with E-state index in [1.165, 1.54) is 0 Å². The SMILES string of the molecule is CCO[C@@H]1C=CCC2C(Cl)C(C)N(C)C21. The number of alkyl halides is 1. The van der Waals surface area contributed by atoms with Crippen molar-refractivity contribution in [1.29, 1.82) is 0 Å². The van der Waals surface area contributed by atoms with Crippen LogP contribution in [-0.2, 0) is 4.74 Å². The van der Waals surface area contributed by atoms with E-state index in [9.17, 15) is 0 Å². The van der Waals surface area contributed by atoms with Crippen molar-refractivity contribution in [1.82, 2.24) is 4.90 Å². The van der Waals surface area contributed by atoms with Gasteiger partial charge in [0.05, 0.1) is 11.5 Å². The molecule has 4 unspecified atom stereocenters. The van der Waals surface area contributed by atoms with Crippen LogP contribution in [0.1, 0.15) is 20.3 Å². The van der Waals surface area contributed by atoms with Crippen LogP contribution in [0.2, 0.25) is 0 Å². The van der Waals surface area contributed by atoms with E-state index in [1.54, 1.807) is 0 Å². The maximum Gasteiger partial charge on any atom is 0.0914 e. The van der Waals surface area contributed by atoms with Gasteiger partial charge >= 0.3 is 0 Å². The average molecular weight is 230 g/mol. The number of halogens is 1. The van der Waals surface area contributed by atoms with Crippen LogP contribution in [0.4, 0.5) is 0 Å². The second-order valence-corrected chi connectivity index (χ2v) is 5.09. The minimum atomic E-state index is 0.227. The summed E-state index contributed by atoms with van der Waals surface area (Å²) < 4.78 is 5.78. The molecule has 1 fully saturated rings. The lowest BCUT2D eigenvalue weighted by molar-refractivity contribution is 0.0191. The van der Waals surface area contributed by atoms with Crippen molar-refractivity contribution in [2.24, 2.45) is 5.92 Å². The first-order chi connectivity index (χ1) is 7.16. The summed E-state index contributed by atoms with van der Waals surface area (Å²) in [7, 11) is 2.16. The molecule has 0 aromatic heterocycles. The molecule has 2 rings (SSSR count). The zero-order chi connectivity index (χ0) is 11.0. The van der Waals surface area contributed by atoms with E-state index < -0.39 is 0 Å². The summed E-state index contributed by atoms with van der Waals surface area (Å²) in [6, 6.07) is 0.914. The second-order valence-electron chi connectivity index (χ2n) is 4.59. The molecule has 1 heterocycles. The zero-order valence-electron chi connectivity index (χ0n) is 9.69. The molecule has 86 valence electrons. The van der Waals surface area contributed by atoms with Gasteiger partial charge in [0, 0.05) is 18.7 Å². The summed E-state index contributed by atoms with van der Waals surface area (Å²) in [6.45, 7) is 5.03. The van der Waals surface area contributed by atoms with Crippen molar-refractivity contribution in [3.63, 3.8) is 0 Å². The lowest BCUT2D eigenvalue weighted by Crippen LogP contribution is -2.44. The van der Waals surface area contributed by atoms with Crippen LogP contribution in [-0.4, -0.2) is 42.1 Å². The topological polar surface area (TPSA) is 12.5 Å². The Kier molecular flexibility index (Phi) is 3.39. The molecule has 1 saturated heterocycles. The van der Waals surface area contributed by atoms with E-state index in [2.05, 4.69) is 31.0 Å². The highest BCUT2D eigenvalue weighted by molar-refractivity contribution is 6.21. The molecule has 0 spiro atoms. The third-order valence-electron chi connectivity index (χ3n) is 3.85. The normalized spacial score (nSPS) is 45.7. The number of likely N-dealkylation sites (N-methyl/N-ethyl adjacent to an activating group) is 1. The molecule has 0 amide bonds. The van der Waals surface area contributed by atoms with Crippen molar-refractivity contribution in [2.45, 2.75) is 43.8 Å². The number of fused-ring (bicyclic) bond motifs is 1. The lowest BCUT2D eigenvalue weighted by atomic mass is 9.87. The smallest absolute Gasteiger partial charge is 0.0914 e. The third-order valence-corrected chi connectivity index (χ3v) is 4.54. The molecule has 15 heavy (non-hydrogen) atoms. The van der Waals surface area contributed by atoms with Gasteiger partial charge < -0.3 is 4.74 Å². The first-order valence-corrected chi connectivity index (χ1v) is 6.24. The Morgan fingerprint density at radius 1 is 1.53 bits per heavy atom. The summed E-state index contributed by atoms with van der Waals surface area (Å²) in [4.78, 5) is 2.38. The number of rotatable bonds is 2. The van der Waals surface area contributed by atoms with Gasteiger partial charge in [-0.1, -0.05) is 12.2 Å². The van der Waals surface area contributed by atoms with Crippen LogP contribution in [0.25, 0.3) is 0 Å². The van der Waals surface area contributed by atoms with E-state index in [-0.39, 0.29) is 11.5 Å². The van der Waals surface area contributed by atoms with E-state index in [0.717, 1.165) is 13.0 Å². The summed E-state index contributed by atoms with van der Waals surface area (Å²) in [5.41, 5.74) is 0. The third kappa shape index (κ3) is 1.83. The van der Waals surface area contributed by atoms with E-state index in [1.807, 2.05) is 6.92 Å². The average Bonchev–Trinajstić information content (AvgIpc) is 2.46. The van der Waals surface area contributed by atoms with E-state index >= 15 is 0 Å². The van der Waals surface area contributed by atoms with Gasteiger partial charge in [0.15, 0.2) is 0 Å². The monoisotopic (exact) mass is 229 g/mol. The maximum absolute atomic E-state index is 6.47. The Bertz CT molecular complexity index is 256. The van der Waals surface area contributed by atoms with Crippen LogP contribution in [0.3, 0.4) is 0 Å².